The fraction of sp³-hybridized carbons (Fsp3) is 0.429. The van der Waals surface area contributed by atoms with Crippen molar-refractivity contribution in [3.63, 3.8) is 0 Å². The molecule has 1 rings (SSSR count). The number of hydrogen-bond donors (Lipinski definition) is 1. The van der Waals surface area contributed by atoms with Crippen molar-refractivity contribution in [3.05, 3.63) is 34.9 Å². The molecule has 0 saturated heterocycles. The zero-order chi connectivity index (χ0) is 11.5. The van der Waals surface area contributed by atoms with Crippen molar-refractivity contribution in [1.29, 1.82) is 0 Å². The molecule has 0 radical (unpaired) electrons. The lowest BCUT2D eigenvalue weighted by Crippen LogP contribution is -2.19. The van der Waals surface area contributed by atoms with Gasteiger partial charge in [-0.15, -0.1) is 0 Å². The van der Waals surface area contributed by atoms with Gasteiger partial charge in [0, 0.05) is 5.56 Å². The van der Waals surface area contributed by atoms with E-state index in [0.717, 1.165) is 5.56 Å². The molecule has 1 nitrogen and oxygen atoms in total. The number of aryl methyl sites for hydroxylation is 2. The summed E-state index contributed by atoms with van der Waals surface area (Å²) < 4.78 is 0. The molecule has 1 aromatic rings. The molecule has 1 heteroatoms. The van der Waals surface area contributed by atoms with Gasteiger partial charge in [0.2, 0.25) is 0 Å². The number of hydrogen-bond acceptors (Lipinski definition) is 1. The summed E-state index contributed by atoms with van der Waals surface area (Å²) >= 11 is 0. The molecule has 0 heterocycles. The molecule has 0 aromatic heterocycles. The van der Waals surface area contributed by atoms with Gasteiger partial charge in [-0.2, -0.15) is 0 Å². The topological polar surface area (TPSA) is 20.2 Å². The highest BCUT2D eigenvalue weighted by Crippen LogP contribution is 2.10. The zero-order valence-corrected chi connectivity index (χ0v) is 9.89. The van der Waals surface area contributed by atoms with E-state index in [0.29, 0.717) is 6.42 Å². The van der Waals surface area contributed by atoms with Crippen LogP contribution in [0, 0.1) is 25.7 Å². The molecular formula is C14H18O. The molecule has 0 aliphatic carbocycles. The van der Waals surface area contributed by atoms with Crippen LogP contribution in [-0.4, -0.2) is 10.7 Å². The van der Waals surface area contributed by atoms with Crippen molar-refractivity contribution in [2.45, 2.75) is 39.7 Å². The maximum absolute atomic E-state index is 9.73. The Balaban J connectivity index is 2.95. The first-order valence-corrected chi connectivity index (χ1v) is 5.27. The minimum atomic E-state index is -0.876. The molecule has 0 spiro atoms. The molecule has 0 fully saturated rings. The maximum atomic E-state index is 9.73. The quantitative estimate of drug-likeness (QED) is 0.694. The molecule has 1 N–H and O–H groups in total. The fourth-order valence-corrected chi connectivity index (χ4v) is 1.11. The predicted molar refractivity (Wildman–Crippen MR) is 63.7 cm³/mol. The Labute approximate surface area is 92.1 Å². The van der Waals surface area contributed by atoms with Crippen molar-refractivity contribution in [2.75, 3.05) is 0 Å². The molecular weight excluding hydrogens is 184 g/mol. The minimum Gasteiger partial charge on any atom is -0.378 e. The van der Waals surface area contributed by atoms with E-state index in [1.54, 1.807) is 6.92 Å². The van der Waals surface area contributed by atoms with Crippen LogP contribution < -0.4 is 0 Å². The standard InChI is InChI=1S/C14H18O/c1-5-14(4,15)9-8-13-7-6-11(2)12(3)10-13/h6-7,10,15H,5H2,1-4H3. The van der Waals surface area contributed by atoms with Crippen LogP contribution in [0.4, 0.5) is 0 Å². The first-order valence-electron chi connectivity index (χ1n) is 5.27. The Hall–Kier alpha value is -1.26. The van der Waals surface area contributed by atoms with Crippen LogP contribution in [0.1, 0.15) is 37.0 Å². The Bertz CT molecular complexity index is 405. The van der Waals surface area contributed by atoms with Gasteiger partial charge in [0.1, 0.15) is 5.60 Å². The predicted octanol–water partition coefficient (Wildman–Crippen LogP) is 2.82. The third-order valence-electron chi connectivity index (χ3n) is 2.67. The van der Waals surface area contributed by atoms with Gasteiger partial charge < -0.3 is 5.11 Å². The second-order valence-electron chi connectivity index (χ2n) is 4.18. The average Bonchev–Trinajstić information content (AvgIpc) is 2.20. The Kier molecular flexibility index (Phi) is 3.55. The summed E-state index contributed by atoms with van der Waals surface area (Å²) in [5.74, 6) is 5.88. The van der Waals surface area contributed by atoms with Gasteiger partial charge in [-0.1, -0.05) is 24.8 Å². The number of benzene rings is 1. The molecule has 0 aliphatic heterocycles. The van der Waals surface area contributed by atoms with Crippen LogP contribution in [0.3, 0.4) is 0 Å². The minimum absolute atomic E-state index is 0.644. The summed E-state index contributed by atoms with van der Waals surface area (Å²) in [7, 11) is 0. The molecule has 1 atom stereocenters. The van der Waals surface area contributed by atoms with E-state index >= 15 is 0 Å². The number of rotatable bonds is 1. The third-order valence-corrected chi connectivity index (χ3v) is 2.67. The van der Waals surface area contributed by atoms with Crippen molar-refractivity contribution in [3.8, 4) is 11.8 Å². The lowest BCUT2D eigenvalue weighted by molar-refractivity contribution is 0.118. The van der Waals surface area contributed by atoms with Crippen LogP contribution in [0.5, 0.6) is 0 Å². The van der Waals surface area contributed by atoms with Crippen LogP contribution in [-0.2, 0) is 0 Å². The maximum Gasteiger partial charge on any atom is 0.122 e. The van der Waals surface area contributed by atoms with Gasteiger partial charge in [-0.05, 0) is 50.5 Å². The normalized spacial score (nSPS) is 13.9. The summed E-state index contributed by atoms with van der Waals surface area (Å²) in [5.41, 5.74) is 2.59. The van der Waals surface area contributed by atoms with Gasteiger partial charge in [-0.25, -0.2) is 0 Å². The first kappa shape index (κ1) is 11.8. The fourth-order valence-electron chi connectivity index (χ4n) is 1.11. The van der Waals surface area contributed by atoms with E-state index in [9.17, 15) is 5.11 Å². The van der Waals surface area contributed by atoms with Crippen molar-refractivity contribution in [1.82, 2.24) is 0 Å². The van der Waals surface area contributed by atoms with Crippen molar-refractivity contribution >= 4 is 0 Å². The van der Waals surface area contributed by atoms with Crippen LogP contribution >= 0.6 is 0 Å². The van der Waals surface area contributed by atoms with Gasteiger partial charge in [0.05, 0.1) is 0 Å². The summed E-state index contributed by atoms with van der Waals surface area (Å²) in [6.45, 7) is 7.81. The van der Waals surface area contributed by atoms with E-state index in [2.05, 4.69) is 31.8 Å². The van der Waals surface area contributed by atoms with E-state index < -0.39 is 5.60 Å². The molecule has 0 aliphatic rings. The summed E-state index contributed by atoms with van der Waals surface area (Å²) in [6, 6.07) is 6.09. The molecule has 1 aromatic carbocycles. The molecule has 0 amide bonds. The highest BCUT2D eigenvalue weighted by molar-refractivity contribution is 5.41. The second kappa shape index (κ2) is 4.51. The van der Waals surface area contributed by atoms with Crippen LogP contribution in [0.15, 0.2) is 18.2 Å². The molecule has 15 heavy (non-hydrogen) atoms. The zero-order valence-electron chi connectivity index (χ0n) is 9.89. The largest absolute Gasteiger partial charge is 0.378 e. The Morgan fingerprint density at radius 1 is 1.27 bits per heavy atom. The van der Waals surface area contributed by atoms with Crippen LogP contribution in [0.2, 0.25) is 0 Å². The van der Waals surface area contributed by atoms with Gasteiger partial charge in [-0.3, -0.25) is 0 Å². The van der Waals surface area contributed by atoms with E-state index in [1.165, 1.54) is 11.1 Å². The third kappa shape index (κ3) is 3.42. The number of aliphatic hydroxyl groups is 1. The summed E-state index contributed by atoms with van der Waals surface area (Å²) in [5, 5.41) is 9.73. The highest BCUT2D eigenvalue weighted by Gasteiger charge is 2.12. The van der Waals surface area contributed by atoms with Crippen LogP contribution in [0.25, 0.3) is 0 Å². The lowest BCUT2D eigenvalue weighted by Gasteiger charge is -2.11. The van der Waals surface area contributed by atoms with Gasteiger partial charge in [0.15, 0.2) is 0 Å². The SMILES string of the molecule is CCC(C)(O)C#Cc1ccc(C)c(C)c1. The summed E-state index contributed by atoms with van der Waals surface area (Å²) in [4.78, 5) is 0. The monoisotopic (exact) mass is 202 g/mol. The van der Waals surface area contributed by atoms with Crippen molar-refractivity contribution < 1.29 is 5.11 Å². The van der Waals surface area contributed by atoms with Crippen molar-refractivity contribution in [2.24, 2.45) is 0 Å². The first-order chi connectivity index (χ1) is 6.94. The second-order valence-corrected chi connectivity index (χ2v) is 4.18. The molecule has 1 unspecified atom stereocenters. The van der Waals surface area contributed by atoms with Gasteiger partial charge in [0.25, 0.3) is 0 Å². The van der Waals surface area contributed by atoms with E-state index in [1.807, 2.05) is 19.1 Å². The Morgan fingerprint density at radius 3 is 2.47 bits per heavy atom. The van der Waals surface area contributed by atoms with Gasteiger partial charge >= 0.3 is 0 Å². The molecule has 0 bridgehead atoms. The smallest absolute Gasteiger partial charge is 0.122 e. The lowest BCUT2D eigenvalue weighted by atomic mass is 10.0. The molecule has 80 valence electrons. The van der Waals surface area contributed by atoms with E-state index in [-0.39, 0.29) is 0 Å². The molecule has 0 saturated carbocycles. The Morgan fingerprint density at radius 2 is 1.93 bits per heavy atom. The highest BCUT2D eigenvalue weighted by atomic mass is 16.3. The average molecular weight is 202 g/mol. The van der Waals surface area contributed by atoms with E-state index in [4.69, 9.17) is 0 Å². The summed E-state index contributed by atoms with van der Waals surface area (Å²) in [6.07, 6.45) is 0.644.